The van der Waals surface area contributed by atoms with Crippen LogP contribution in [0.4, 0.5) is 0 Å². The number of amides is 1. The minimum absolute atomic E-state index is 0.0238. The third kappa shape index (κ3) is 4.33. The van der Waals surface area contributed by atoms with Crippen LogP contribution in [0.1, 0.15) is 11.1 Å². The summed E-state index contributed by atoms with van der Waals surface area (Å²) in [4.78, 5) is 11.7. The zero-order valence-corrected chi connectivity index (χ0v) is 14.3. The summed E-state index contributed by atoms with van der Waals surface area (Å²) in [6, 6.07) is 12.8. The number of carbonyl (C=O) groups excluding carboxylic acids is 1. The predicted molar refractivity (Wildman–Crippen MR) is 91.2 cm³/mol. The van der Waals surface area contributed by atoms with E-state index in [-0.39, 0.29) is 17.1 Å². The molecule has 0 fully saturated rings. The van der Waals surface area contributed by atoms with Crippen molar-refractivity contribution in [3.8, 4) is 5.75 Å². The maximum Gasteiger partial charge on any atom is 0.244 e. The molecule has 0 radical (unpaired) electrons. The molecule has 2 aromatic rings. The van der Waals surface area contributed by atoms with Crippen molar-refractivity contribution in [3.05, 3.63) is 59.7 Å². The number of primary amides is 1. The van der Waals surface area contributed by atoms with E-state index in [1.807, 2.05) is 18.2 Å². The highest BCUT2D eigenvalue weighted by Crippen LogP contribution is 2.25. The molecule has 0 saturated heterocycles. The molecule has 3 N–H and O–H groups in total. The molecule has 0 aliphatic heterocycles. The van der Waals surface area contributed by atoms with Gasteiger partial charge in [-0.25, -0.2) is 8.42 Å². The molecule has 1 atom stereocenters. The number of aryl methyl sites for hydroxylation is 1. The maximum absolute atomic E-state index is 12.7. The Kier molecular flexibility index (Phi) is 5.58. The Bertz CT molecular complexity index is 820. The molecule has 0 heterocycles. The van der Waals surface area contributed by atoms with E-state index in [0.717, 1.165) is 11.1 Å². The quantitative estimate of drug-likeness (QED) is 0.790. The van der Waals surface area contributed by atoms with Gasteiger partial charge in [0.25, 0.3) is 0 Å². The number of carbonyl (C=O) groups is 1. The van der Waals surface area contributed by atoms with Crippen LogP contribution in [0.15, 0.2) is 53.4 Å². The molecule has 128 valence electrons. The van der Waals surface area contributed by atoms with Gasteiger partial charge in [0.15, 0.2) is 0 Å². The van der Waals surface area contributed by atoms with Crippen LogP contribution >= 0.6 is 0 Å². The fraction of sp³-hybridized carbons (Fsp3) is 0.235. The molecule has 0 aliphatic rings. The van der Waals surface area contributed by atoms with E-state index in [4.69, 9.17) is 10.5 Å². The van der Waals surface area contributed by atoms with Gasteiger partial charge in [-0.1, -0.05) is 36.4 Å². The lowest BCUT2D eigenvalue weighted by atomic mass is 10.1. The van der Waals surface area contributed by atoms with Gasteiger partial charge in [-0.3, -0.25) is 4.79 Å². The molecule has 1 amide bonds. The lowest BCUT2D eigenvalue weighted by molar-refractivity contribution is -0.119. The largest absolute Gasteiger partial charge is 0.495 e. The average molecular weight is 348 g/mol. The molecule has 0 aromatic heterocycles. The standard InChI is InChI=1S/C17H20N2O4S/c1-12-8-9-15(23-2)16(10-12)24(21,22)19-14(17(18)20)11-13-6-4-3-5-7-13/h3-10,14,19H,11H2,1-2H3,(H2,18,20)/t14-/m1/s1. The summed E-state index contributed by atoms with van der Waals surface area (Å²) >= 11 is 0. The molecule has 0 aliphatic carbocycles. The first-order valence-corrected chi connectivity index (χ1v) is 8.82. The van der Waals surface area contributed by atoms with Gasteiger partial charge in [0.05, 0.1) is 7.11 Å². The minimum Gasteiger partial charge on any atom is -0.495 e. The zero-order chi connectivity index (χ0) is 17.7. The van der Waals surface area contributed by atoms with Crippen molar-refractivity contribution in [2.45, 2.75) is 24.3 Å². The molecule has 24 heavy (non-hydrogen) atoms. The second-order valence-electron chi connectivity index (χ2n) is 5.42. The van der Waals surface area contributed by atoms with Crippen molar-refractivity contribution < 1.29 is 17.9 Å². The van der Waals surface area contributed by atoms with E-state index in [9.17, 15) is 13.2 Å². The van der Waals surface area contributed by atoms with Gasteiger partial charge in [0.1, 0.15) is 16.7 Å². The third-order valence-electron chi connectivity index (χ3n) is 3.53. The van der Waals surface area contributed by atoms with Gasteiger partial charge in [0, 0.05) is 0 Å². The van der Waals surface area contributed by atoms with Crippen LogP contribution in [0, 0.1) is 6.92 Å². The number of benzene rings is 2. The lowest BCUT2D eigenvalue weighted by Gasteiger charge is -2.17. The van der Waals surface area contributed by atoms with Gasteiger partial charge in [0.2, 0.25) is 15.9 Å². The number of nitrogens with two attached hydrogens (primary N) is 1. The Balaban J connectivity index is 2.31. The molecule has 7 heteroatoms. The SMILES string of the molecule is COc1ccc(C)cc1S(=O)(=O)N[C@H](Cc1ccccc1)C(N)=O. The smallest absolute Gasteiger partial charge is 0.244 e. The van der Waals surface area contributed by atoms with Gasteiger partial charge in [-0.05, 0) is 36.6 Å². The van der Waals surface area contributed by atoms with Gasteiger partial charge < -0.3 is 10.5 Å². The van der Waals surface area contributed by atoms with Crippen LogP contribution in [0.3, 0.4) is 0 Å². The second-order valence-corrected chi connectivity index (χ2v) is 7.10. The predicted octanol–water partition coefficient (Wildman–Crippen LogP) is 1.38. The summed E-state index contributed by atoms with van der Waals surface area (Å²) in [5.74, 6) is -0.537. The van der Waals surface area contributed by atoms with Gasteiger partial charge in [-0.2, -0.15) is 4.72 Å². The van der Waals surface area contributed by atoms with Crippen molar-refractivity contribution in [1.82, 2.24) is 4.72 Å². The zero-order valence-electron chi connectivity index (χ0n) is 13.5. The number of hydrogen-bond acceptors (Lipinski definition) is 4. The summed E-state index contributed by atoms with van der Waals surface area (Å²) in [6.45, 7) is 1.77. The van der Waals surface area contributed by atoms with E-state index in [1.165, 1.54) is 13.2 Å². The van der Waals surface area contributed by atoms with Crippen molar-refractivity contribution in [1.29, 1.82) is 0 Å². The molecule has 0 spiro atoms. The second kappa shape index (κ2) is 7.46. The maximum atomic E-state index is 12.7. The Morgan fingerprint density at radius 3 is 2.46 bits per heavy atom. The Hall–Kier alpha value is -2.38. The van der Waals surface area contributed by atoms with Gasteiger partial charge >= 0.3 is 0 Å². The summed E-state index contributed by atoms with van der Waals surface area (Å²) in [5, 5.41) is 0. The molecule has 0 unspecified atom stereocenters. The summed E-state index contributed by atoms with van der Waals surface area (Å²) in [6.07, 6.45) is 0.170. The molecular formula is C17H20N2O4S. The first kappa shape index (κ1) is 18.0. The minimum atomic E-state index is -3.97. The molecule has 2 aromatic carbocycles. The highest BCUT2D eigenvalue weighted by atomic mass is 32.2. The number of methoxy groups -OCH3 is 1. The van der Waals surface area contributed by atoms with E-state index in [0.29, 0.717) is 0 Å². The number of nitrogens with one attached hydrogen (secondary N) is 1. The van der Waals surface area contributed by atoms with Crippen molar-refractivity contribution in [2.24, 2.45) is 5.73 Å². The number of sulfonamides is 1. The topological polar surface area (TPSA) is 98.5 Å². The van der Waals surface area contributed by atoms with Crippen LogP contribution in [0.25, 0.3) is 0 Å². The number of rotatable bonds is 7. The van der Waals surface area contributed by atoms with Crippen molar-refractivity contribution >= 4 is 15.9 Å². The average Bonchev–Trinajstić information content (AvgIpc) is 2.55. The number of hydrogen-bond donors (Lipinski definition) is 2. The van der Waals surface area contributed by atoms with E-state index in [2.05, 4.69) is 4.72 Å². The summed E-state index contributed by atoms with van der Waals surface area (Å²) < 4.78 is 32.8. The number of ether oxygens (including phenoxy) is 1. The molecule has 0 bridgehead atoms. The van der Waals surface area contributed by atoms with Crippen molar-refractivity contribution in [2.75, 3.05) is 7.11 Å². The monoisotopic (exact) mass is 348 g/mol. The first-order valence-electron chi connectivity index (χ1n) is 7.33. The Labute approximate surface area is 141 Å². The van der Waals surface area contributed by atoms with Crippen LogP contribution in [0.5, 0.6) is 5.75 Å². The fourth-order valence-electron chi connectivity index (χ4n) is 2.29. The Morgan fingerprint density at radius 1 is 1.21 bits per heavy atom. The fourth-order valence-corrected chi connectivity index (χ4v) is 3.75. The van der Waals surface area contributed by atoms with Crippen LogP contribution < -0.4 is 15.2 Å². The van der Waals surface area contributed by atoms with Crippen LogP contribution in [-0.2, 0) is 21.2 Å². The van der Waals surface area contributed by atoms with Crippen molar-refractivity contribution in [3.63, 3.8) is 0 Å². The molecule has 0 saturated carbocycles. The first-order chi connectivity index (χ1) is 11.3. The third-order valence-corrected chi connectivity index (χ3v) is 5.03. The summed E-state index contributed by atoms with van der Waals surface area (Å²) in [7, 11) is -2.58. The normalized spacial score (nSPS) is 12.6. The molecule has 6 nitrogen and oxygen atoms in total. The molecule has 2 rings (SSSR count). The highest BCUT2D eigenvalue weighted by molar-refractivity contribution is 7.89. The van der Waals surface area contributed by atoms with E-state index in [1.54, 1.807) is 31.2 Å². The summed E-state index contributed by atoms with van der Waals surface area (Å²) in [5.41, 5.74) is 6.94. The van der Waals surface area contributed by atoms with Gasteiger partial charge in [-0.15, -0.1) is 0 Å². The van der Waals surface area contributed by atoms with E-state index >= 15 is 0 Å². The lowest BCUT2D eigenvalue weighted by Crippen LogP contribution is -2.45. The van der Waals surface area contributed by atoms with Crippen LogP contribution in [-0.4, -0.2) is 27.5 Å². The van der Waals surface area contributed by atoms with E-state index < -0.39 is 22.0 Å². The Morgan fingerprint density at radius 2 is 1.88 bits per heavy atom. The van der Waals surface area contributed by atoms with Crippen LogP contribution in [0.2, 0.25) is 0 Å². The highest BCUT2D eigenvalue weighted by Gasteiger charge is 2.26. The molecular weight excluding hydrogens is 328 g/mol.